The first kappa shape index (κ1) is 13.1. The SMILES string of the molecule is CC(=O)Nc1ccc(C)cc1N1CC(Br)CC1=O. The predicted octanol–water partition coefficient (Wildman–Crippen LogP) is 2.45. The van der Waals surface area contributed by atoms with Crippen LogP contribution in [-0.2, 0) is 9.59 Å². The molecule has 18 heavy (non-hydrogen) atoms. The van der Waals surface area contributed by atoms with Crippen LogP contribution < -0.4 is 10.2 Å². The molecule has 2 rings (SSSR count). The highest BCUT2D eigenvalue weighted by Gasteiger charge is 2.30. The van der Waals surface area contributed by atoms with Crippen molar-refractivity contribution in [2.75, 3.05) is 16.8 Å². The largest absolute Gasteiger partial charge is 0.325 e. The van der Waals surface area contributed by atoms with Crippen molar-refractivity contribution >= 4 is 39.1 Å². The maximum atomic E-state index is 11.9. The van der Waals surface area contributed by atoms with Gasteiger partial charge in [-0.25, -0.2) is 0 Å². The summed E-state index contributed by atoms with van der Waals surface area (Å²) >= 11 is 3.46. The second kappa shape index (κ2) is 5.10. The number of hydrogen-bond donors (Lipinski definition) is 1. The molecule has 96 valence electrons. The summed E-state index contributed by atoms with van der Waals surface area (Å²) in [6.07, 6.45) is 0.494. The summed E-state index contributed by atoms with van der Waals surface area (Å²) in [6.45, 7) is 4.06. The minimum absolute atomic E-state index is 0.0778. The van der Waals surface area contributed by atoms with E-state index in [0.29, 0.717) is 18.7 Å². The zero-order chi connectivity index (χ0) is 13.3. The molecule has 1 heterocycles. The van der Waals surface area contributed by atoms with Gasteiger partial charge in [-0.05, 0) is 24.6 Å². The number of alkyl halides is 1. The molecule has 0 bridgehead atoms. The van der Waals surface area contributed by atoms with Gasteiger partial charge in [0.25, 0.3) is 0 Å². The summed E-state index contributed by atoms with van der Waals surface area (Å²) < 4.78 is 0. The fourth-order valence-corrected chi connectivity index (χ4v) is 2.62. The van der Waals surface area contributed by atoms with Crippen molar-refractivity contribution in [3.05, 3.63) is 23.8 Å². The van der Waals surface area contributed by atoms with E-state index < -0.39 is 0 Å². The van der Waals surface area contributed by atoms with Gasteiger partial charge in [-0.1, -0.05) is 22.0 Å². The maximum absolute atomic E-state index is 11.9. The Bertz CT molecular complexity index is 502. The van der Waals surface area contributed by atoms with E-state index in [4.69, 9.17) is 0 Å². The van der Waals surface area contributed by atoms with Crippen LogP contribution in [0.2, 0.25) is 0 Å². The second-order valence-corrected chi connectivity index (χ2v) is 5.80. The van der Waals surface area contributed by atoms with E-state index in [2.05, 4.69) is 21.2 Å². The molecule has 4 nitrogen and oxygen atoms in total. The van der Waals surface area contributed by atoms with Crippen molar-refractivity contribution < 1.29 is 9.59 Å². The zero-order valence-corrected chi connectivity index (χ0v) is 12.0. The highest BCUT2D eigenvalue weighted by atomic mass is 79.9. The Morgan fingerprint density at radius 1 is 1.50 bits per heavy atom. The first-order valence-corrected chi connectivity index (χ1v) is 6.71. The fraction of sp³-hybridized carbons (Fsp3) is 0.385. The van der Waals surface area contributed by atoms with Crippen molar-refractivity contribution in [1.29, 1.82) is 0 Å². The molecular weight excluding hydrogens is 296 g/mol. The van der Waals surface area contributed by atoms with Gasteiger partial charge in [-0.2, -0.15) is 0 Å². The lowest BCUT2D eigenvalue weighted by molar-refractivity contribution is -0.117. The van der Waals surface area contributed by atoms with Crippen LogP contribution in [0.3, 0.4) is 0 Å². The number of nitrogens with one attached hydrogen (secondary N) is 1. The van der Waals surface area contributed by atoms with Gasteiger partial charge < -0.3 is 10.2 Å². The molecule has 0 saturated carbocycles. The van der Waals surface area contributed by atoms with Gasteiger partial charge in [-0.15, -0.1) is 0 Å². The number of carbonyl (C=O) groups is 2. The highest BCUT2D eigenvalue weighted by Crippen LogP contribution is 2.32. The van der Waals surface area contributed by atoms with Crippen molar-refractivity contribution in [2.24, 2.45) is 0 Å². The molecule has 1 aliphatic heterocycles. The lowest BCUT2D eigenvalue weighted by Gasteiger charge is -2.20. The molecule has 1 saturated heterocycles. The molecule has 1 fully saturated rings. The minimum atomic E-state index is -0.137. The van der Waals surface area contributed by atoms with Crippen molar-refractivity contribution in [3.8, 4) is 0 Å². The van der Waals surface area contributed by atoms with Gasteiger partial charge in [0.15, 0.2) is 0 Å². The molecule has 1 atom stereocenters. The van der Waals surface area contributed by atoms with Gasteiger partial charge in [0, 0.05) is 24.7 Å². The molecule has 1 aromatic rings. The number of hydrogen-bond acceptors (Lipinski definition) is 2. The Kier molecular flexibility index (Phi) is 3.71. The van der Waals surface area contributed by atoms with Crippen molar-refractivity contribution in [3.63, 3.8) is 0 Å². The number of benzene rings is 1. The summed E-state index contributed by atoms with van der Waals surface area (Å²) in [5.74, 6) is -0.0591. The lowest BCUT2D eigenvalue weighted by atomic mass is 10.1. The van der Waals surface area contributed by atoms with Gasteiger partial charge in [-0.3, -0.25) is 9.59 Å². The Balaban J connectivity index is 2.38. The van der Waals surface area contributed by atoms with E-state index in [1.165, 1.54) is 6.92 Å². The molecular formula is C13H15BrN2O2. The van der Waals surface area contributed by atoms with Crippen LogP contribution in [0.1, 0.15) is 18.9 Å². The number of rotatable bonds is 2. The normalized spacial score (nSPS) is 19.2. The second-order valence-electron chi connectivity index (χ2n) is 4.51. The fourth-order valence-electron chi connectivity index (χ4n) is 2.06. The van der Waals surface area contributed by atoms with Gasteiger partial charge in [0.05, 0.1) is 11.4 Å². The van der Waals surface area contributed by atoms with Crippen molar-refractivity contribution in [1.82, 2.24) is 0 Å². The zero-order valence-electron chi connectivity index (χ0n) is 10.4. The van der Waals surface area contributed by atoms with E-state index in [9.17, 15) is 9.59 Å². The average molecular weight is 311 g/mol. The number of halogens is 1. The first-order valence-electron chi connectivity index (χ1n) is 5.80. The number of amides is 2. The van der Waals surface area contributed by atoms with Crippen LogP contribution in [-0.4, -0.2) is 23.2 Å². The van der Waals surface area contributed by atoms with Gasteiger partial charge >= 0.3 is 0 Å². The minimum Gasteiger partial charge on any atom is -0.325 e. The Labute approximate surface area is 114 Å². The third kappa shape index (κ3) is 2.72. The quantitative estimate of drug-likeness (QED) is 0.853. The summed E-state index contributed by atoms with van der Waals surface area (Å²) in [4.78, 5) is 25.0. The lowest BCUT2D eigenvalue weighted by Crippen LogP contribution is -2.26. The molecule has 0 radical (unpaired) electrons. The molecule has 2 amide bonds. The monoisotopic (exact) mass is 310 g/mol. The maximum Gasteiger partial charge on any atom is 0.228 e. The summed E-state index contributed by atoms with van der Waals surface area (Å²) in [6, 6.07) is 5.68. The van der Waals surface area contributed by atoms with E-state index in [-0.39, 0.29) is 16.6 Å². The Hall–Kier alpha value is -1.36. The topological polar surface area (TPSA) is 49.4 Å². The molecule has 1 N–H and O–H groups in total. The van der Waals surface area contributed by atoms with E-state index in [1.807, 2.05) is 25.1 Å². The predicted molar refractivity (Wildman–Crippen MR) is 75.2 cm³/mol. The van der Waals surface area contributed by atoms with Gasteiger partial charge in [0.2, 0.25) is 11.8 Å². The van der Waals surface area contributed by atoms with Crippen LogP contribution >= 0.6 is 15.9 Å². The van der Waals surface area contributed by atoms with E-state index >= 15 is 0 Å². The standard InChI is InChI=1S/C13H15BrN2O2/c1-8-3-4-11(15-9(2)17)12(5-8)16-7-10(14)6-13(16)18/h3-5,10H,6-7H2,1-2H3,(H,15,17). The molecule has 0 aromatic heterocycles. The first-order chi connectivity index (χ1) is 8.47. The molecule has 5 heteroatoms. The third-order valence-corrected chi connectivity index (χ3v) is 3.45. The number of carbonyl (C=O) groups excluding carboxylic acids is 2. The highest BCUT2D eigenvalue weighted by molar-refractivity contribution is 9.09. The third-order valence-electron chi connectivity index (χ3n) is 2.83. The Morgan fingerprint density at radius 3 is 2.78 bits per heavy atom. The number of aryl methyl sites for hydroxylation is 1. The van der Waals surface area contributed by atoms with Crippen LogP contribution in [0.4, 0.5) is 11.4 Å². The van der Waals surface area contributed by atoms with Gasteiger partial charge in [0.1, 0.15) is 0 Å². The summed E-state index contributed by atoms with van der Waals surface area (Å²) in [5.41, 5.74) is 2.52. The van der Waals surface area contributed by atoms with Crippen LogP contribution in [0.5, 0.6) is 0 Å². The Morgan fingerprint density at radius 2 is 2.22 bits per heavy atom. The molecule has 0 aliphatic carbocycles. The molecule has 0 spiro atoms. The summed E-state index contributed by atoms with van der Waals surface area (Å²) in [7, 11) is 0. The average Bonchev–Trinajstić information content (AvgIpc) is 2.60. The van der Waals surface area contributed by atoms with E-state index in [1.54, 1.807) is 4.90 Å². The van der Waals surface area contributed by atoms with Crippen LogP contribution in [0, 0.1) is 6.92 Å². The molecule has 1 aliphatic rings. The van der Waals surface area contributed by atoms with Crippen LogP contribution in [0.25, 0.3) is 0 Å². The smallest absolute Gasteiger partial charge is 0.228 e. The number of nitrogens with zero attached hydrogens (tertiary/aromatic N) is 1. The van der Waals surface area contributed by atoms with Crippen LogP contribution in [0.15, 0.2) is 18.2 Å². The van der Waals surface area contributed by atoms with Crippen molar-refractivity contribution in [2.45, 2.75) is 25.1 Å². The summed E-state index contributed by atoms with van der Waals surface area (Å²) in [5, 5.41) is 2.76. The molecule has 1 unspecified atom stereocenters. The van der Waals surface area contributed by atoms with E-state index in [0.717, 1.165) is 11.3 Å². The molecule has 1 aromatic carbocycles. The number of anilines is 2.